The predicted molar refractivity (Wildman–Crippen MR) is 159 cm³/mol. The Morgan fingerprint density at radius 2 is 1.92 bits per heavy atom. The van der Waals surface area contributed by atoms with Crippen LogP contribution >= 0.6 is 0 Å². The standard InChI is InChI=1S/C32H39BN3O3/c1-7-31(2,3)32(4,5)39-33-22-9-10-23-21(13-22)18-38-28-15-24-20(14-25(23)28)8-11-26-29(24)36-30(35-26)27-12-19(16-34-27)17-37-6/h8-11,13-15,19,27,34H,7,12,16-18H2,1-6H3,(H,35,36)/t19-,27-/m0/s1. The Balaban J connectivity index is 1.28. The van der Waals surface area contributed by atoms with Crippen LogP contribution in [0.5, 0.6) is 5.75 Å². The van der Waals surface area contributed by atoms with Crippen molar-refractivity contribution < 1.29 is 14.1 Å². The monoisotopic (exact) mass is 524 g/mol. The Morgan fingerprint density at radius 1 is 1.08 bits per heavy atom. The van der Waals surface area contributed by atoms with Gasteiger partial charge in [0.1, 0.15) is 18.2 Å². The van der Waals surface area contributed by atoms with Crippen molar-refractivity contribution >= 4 is 34.8 Å². The molecular weight excluding hydrogens is 485 g/mol. The van der Waals surface area contributed by atoms with Gasteiger partial charge < -0.3 is 24.4 Å². The van der Waals surface area contributed by atoms with E-state index in [0.717, 1.165) is 70.4 Å². The third-order valence-corrected chi connectivity index (χ3v) is 9.35. The van der Waals surface area contributed by atoms with Crippen molar-refractivity contribution in [2.45, 2.75) is 65.7 Å². The van der Waals surface area contributed by atoms with E-state index in [-0.39, 0.29) is 17.1 Å². The second-order valence-electron chi connectivity index (χ2n) is 12.4. The van der Waals surface area contributed by atoms with E-state index in [1.165, 1.54) is 11.1 Å². The van der Waals surface area contributed by atoms with Crippen LogP contribution in [0.2, 0.25) is 0 Å². The maximum Gasteiger partial charge on any atom is 0.330 e. The first-order valence-electron chi connectivity index (χ1n) is 14.1. The van der Waals surface area contributed by atoms with Crippen LogP contribution in [0, 0.1) is 11.3 Å². The van der Waals surface area contributed by atoms with Crippen molar-refractivity contribution in [3.63, 3.8) is 0 Å². The molecule has 1 radical (unpaired) electrons. The number of fused-ring (bicyclic) bond motifs is 6. The minimum Gasteiger partial charge on any atom is -0.488 e. The van der Waals surface area contributed by atoms with Gasteiger partial charge in [0.15, 0.2) is 0 Å². The summed E-state index contributed by atoms with van der Waals surface area (Å²) in [5.41, 5.74) is 6.42. The van der Waals surface area contributed by atoms with Crippen molar-refractivity contribution in [1.82, 2.24) is 15.3 Å². The lowest BCUT2D eigenvalue weighted by molar-refractivity contribution is -0.00927. The summed E-state index contributed by atoms with van der Waals surface area (Å²) in [5.74, 6) is 2.42. The van der Waals surface area contributed by atoms with Crippen molar-refractivity contribution in [2.24, 2.45) is 11.3 Å². The zero-order valence-corrected chi connectivity index (χ0v) is 24.0. The molecule has 0 aliphatic carbocycles. The molecule has 4 aromatic rings. The van der Waals surface area contributed by atoms with E-state index in [1.54, 1.807) is 7.11 Å². The Morgan fingerprint density at radius 3 is 2.72 bits per heavy atom. The van der Waals surface area contributed by atoms with E-state index < -0.39 is 0 Å². The van der Waals surface area contributed by atoms with Crippen LogP contribution in [0.15, 0.2) is 42.5 Å². The molecule has 2 aliphatic heterocycles. The Hall–Kier alpha value is -2.87. The summed E-state index contributed by atoms with van der Waals surface area (Å²) >= 11 is 0. The Kier molecular flexibility index (Phi) is 6.73. The van der Waals surface area contributed by atoms with Gasteiger partial charge >= 0.3 is 7.48 Å². The fraction of sp³-hybridized carbons (Fsp3) is 0.469. The second-order valence-corrected chi connectivity index (χ2v) is 12.4. The molecule has 3 aromatic carbocycles. The van der Waals surface area contributed by atoms with E-state index in [4.69, 9.17) is 19.1 Å². The lowest BCUT2D eigenvalue weighted by Gasteiger charge is -2.41. The highest BCUT2D eigenvalue weighted by Crippen LogP contribution is 2.42. The number of hydrogen-bond donors (Lipinski definition) is 2. The van der Waals surface area contributed by atoms with Gasteiger partial charge in [-0.2, -0.15) is 0 Å². The van der Waals surface area contributed by atoms with Gasteiger partial charge in [-0.15, -0.1) is 0 Å². The van der Waals surface area contributed by atoms with Crippen molar-refractivity contribution in [2.75, 3.05) is 20.3 Å². The zero-order valence-electron chi connectivity index (χ0n) is 24.0. The summed E-state index contributed by atoms with van der Waals surface area (Å²) < 4.78 is 18.0. The summed E-state index contributed by atoms with van der Waals surface area (Å²) in [6, 6.07) is 15.5. The number of aromatic nitrogens is 2. The first-order valence-corrected chi connectivity index (χ1v) is 14.1. The molecule has 6 rings (SSSR count). The molecule has 0 bridgehead atoms. The maximum absolute atomic E-state index is 6.31. The number of benzene rings is 3. The molecule has 2 aliphatic rings. The molecule has 6 nitrogen and oxygen atoms in total. The number of nitrogens with zero attached hydrogens (tertiary/aromatic N) is 1. The van der Waals surface area contributed by atoms with E-state index >= 15 is 0 Å². The number of H-pyrrole nitrogens is 1. The molecule has 0 spiro atoms. The largest absolute Gasteiger partial charge is 0.488 e. The number of imidazole rings is 1. The number of nitrogens with one attached hydrogen (secondary N) is 2. The molecule has 2 N–H and O–H groups in total. The molecule has 2 atom stereocenters. The molecule has 39 heavy (non-hydrogen) atoms. The number of ether oxygens (including phenoxy) is 2. The molecule has 1 saturated heterocycles. The van der Waals surface area contributed by atoms with Gasteiger partial charge in [0, 0.05) is 24.6 Å². The average Bonchev–Trinajstić information content (AvgIpc) is 3.58. The average molecular weight is 524 g/mol. The van der Waals surface area contributed by atoms with Crippen LogP contribution in [0.1, 0.15) is 64.9 Å². The quantitative estimate of drug-likeness (QED) is 0.275. The molecule has 0 saturated carbocycles. The van der Waals surface area contributed by atoms with Crippen LogP contribution in [0.3, 0.4) is 0 Å². The fourth-order valence-corrected chi connectivity index (χ4v) is 5.74. The first-order chi connectivity index (χ1) is 18.7. The normalized spacial score (nSPS) is 19.2. The lowest BCUT2D eigenvalue weighted by Crippen LogP contribution is -2.44. The van der Waals surface area contributed by atoms with Gasteiger partial charge in [-0.1, -0.05) is 50.5 Å². The highest BCUT2D eigenvalue weighted by Gasteiger charge is 2.36. The summed E-state index contributed by atoms with van der Waals surface area (Å²) in [6.45, 7) is 13.3. The van der Waals surface area contributed by atoms with Gasteiger partial charge in [-0.05, 0) is 72.7 Å². The number of methoxy groups -OCH3 is 1. The third-order valence-electron chi connectivity index (χ3n) is 9.35. The van der Waals surface area contributed by atoms with Gasteiger partial charge in [0.2, 0.25) is 0 Å². The van der Waals surface area contributed by atoms with Crippen LogP contribution < -0.4 is 15.5 Å². The van der Waals surface area contributed by atoms with E-state index in [9.17, 15) is 0 Å². The highest BCUT2D eigenvalue weighted by molar-refractivity contribution is 6.47. The molecule has 7 heteroatoms. The zero-order chi connectivity index (χ0) is 27.4. The molecule has 1 fully saturated rings. The molecule has 203 valence electrons. The predicted octanol–water partition coefficient (Wildman–Crippen LogP) is 6.05. The summed E-state index contributed by atoms with van der Waals surface area (Å²) in [4.78, 5) is 8.61. The minimum atomic E-state index is -0.267. The second kappa shape index (κ2) is 9.95. The summed E-state index contributed by atoms with van der Waals surface area (Å²) in [6.07, 6.45) is 2.08. The minimum absolute atomic E-state index is 0.0708. The van der Waals surface area contributed by atoms with Gasteiger partial charge in [0.25, 0.3) is 0 Å². The van der Waals surface area contributed by atoms with Crippen molar-refractivity contribution in [3.05, 3.63) is 53.9 Å². The molecule has 0 amide bonds. The Bertz CT molecular complexity index is 1530. The Labute approximate surface area is 232 Å². The van der Waals surface area contributed by atoms with E-state index in [0.29, 0.717) is 12.5 Å². The SMILES string of the molecule is CCC(C)(C)C(C)(C)O[B]c1ccc2c(c1)COc1cc3c(ccc4[nH]c([C@@H]5C[C@H](COC)CN5)nc43)cc1-2. The summed E-state index contributed by atoms with van der Waals surface area (Å²) in [7, 11) is 3.67. The number of rotatable bonds is 8. The lowest BCUT2D eigenvalue weighted by atomic mass is 9.73. The topological polar surface area (TPSA) is 68.4 Å². The van der Waals surface area contributed by atoms with Crippen molar-refractivity contribution in [1.29, 1.82) is 0 Å². The molecular formula is C32H39BN3O3. The first kappa shape index (κ1) is 26.4. The fourth-order valence-electron chi connectivity index (χ4n) is 5.74. The van der Waals surface area contributed by atoms with Gasteiger partial charge in [-0.25, -0.2) is 4.98 Å². The van der Waals surface area contributed by atoms with Crippen LogP contribution in [-0.4, -0.2) is 43.3 Å². The smallest absolute Gasteiger partial charge is 0.330 e. The van der Waals surface area contributed by atoms with Crippen molar-refractivity contribution in [3.8, 4) is 16.9 Å². The number of hydrogen-bond acceptors (Lipinski definition) is 5. The number of aromatic amines is 1. The maximum atomic E-state index is 6.31. The van der Waals surface area contributed by atoms with Gasteiger partial charge in [-0.3, -0.25) is 0 Å². The molecule has 0 unspecified atom stereocenters. The van der Waals surface area contributed by atoms with Gasteiger partial charge in [0.05, 0.1) is 29.3 Å². The van der Waals surface area contributed by atoms with Crippen LogP contribution in [-0.2, 0) is 16.0 Å². The highest BCUT2D eigenvalue weighted by atomic mass is 16.5. The van der Waals surface area contributed by atoms with Crippen LogP contribution in [0.25, 0.3) is 32.9 Å². The van der Waals surface area contributed by atoms with E-state index in [2.05, 4.69) is 87.4 Å². The third kappa shape index (κ3) is 4.75. The van der Waals surface area contributed by atoms with Crippen LogP contribution in [0.4, 0.5) is 0 Å². The molecule has 1 aromatic heterocycles. The molecule has 3 heterocycles. The summed E-state index contributed by atoms with van der Waals surface area (Å²) in [5, 5.41) is 5.88. The van der Waals surface area contributed by atoms with E-state index in [1.807, 2.05) is 7.48 Å².